The van der Waals surface area contributed by atoms with Crippen molar-refractivity contribution in [2.24, 2.45) is 0 Å². The number of hydrogen-bond donors (Lipinski definition) is 1. The number of nitrogens with zero attached hydrogens (tertiary/aromatic N) is 5. The van der Waals surface area contributed by atoms with Gasteiger partial charge in [-0.3, -0.25) is 0 Å². The van der Waals surface area contributed by atoms with Gasteiger partial charge in [0.1, 0.15) is 5.82 Å². The Morgan fingerprint density at radius 2 is 2.03 bits per heavy atom. The summed E-state index contributed by atoms with van der Waals surface area (Å²) in [4.78, 5) is 23.8. The fourth-order valence-corrected chi connectivity index (χ4v) is 4.08. The number of benzene rings is 1. The van der Waals surface area contributed by atoms with Gasteiger partial charge in [-0.15, -0.1) is 0 Å². The molecule has 1 saturated heterocycles. The Labute approximate surface area is 167 Å². The molecular formula is C21H21N5O3. The smallest absolute Gasteiger partial charge is 0.407 e. The molecule has 1 fully saturated rings. The molecule has 1 N–H and O–H groups in total. The average Bonchev–Trinajstić information content (AvgIpc) is 3.43. The molecule has 0 aliphatic carbocycles. The summed E-state index contributed by atoms with van der Waals surface area (Å²) in [6.07, 6.45) is 2.56. The molecule has 2 aromatic heterocycles. The van der Waals surface area contributed by atoms with Crippen LogP contribution in [0.2, 0.25) is 0 Å². The van der Waals surface area contributed by atoms with Gasteiger partial charge in [0.2, 0.25) is 0 Å². The number of carbonyl (C=O) groups is 1. The van der Waals surface area contributed by atoms with Crippen molar-refractivity contribution in [3.05, 3.63) is 59.5 Å². The quantitative estimate of drug-likeness (QED) is 0.733. The first kappa shape index (κ1) is 17.7. The molecule has 5 rings (SSSR count). The minimum Gasteiger partial charge on any atom is -0.465 e. The molecule has 3 aromatic rings. The van der Waals surface area contributed by atoms with Crippen molar-refractivity contribution in [2.75, 3.05) is 24.5 Å². The van der Waals surface area contributed by atoms with Crippen molar-refractivity contribution in [3.63, 3.8) is 0 Å². The number of amides is 1. The molecule has 2 aliphatic rings. The van der Waals surface area contributed by atoms with Crippen LogP contribution >= 0.6 is 0 Å². The Bertz CT molecular complexity index is 1050. The van der Waals surface area contributed by atoms with Gasteiger partial charge in [-0.2, -0.15) is 4.98 Å². The topological polar surface area (TPSA) is 95.6 Å². The van der Waals surface area contributed by atoms with Crippen LogP contribution in [0.25, 0.3) is 11.5 Å². The monoisotopic (exact) mass is 391 g/mol. The number of hydrogen-bond acceptors (Lipinski definition) is 6. The summed E-state index contributed by atoms with van der Waals surface area (Å²) in [5, 5.41) is 13.2. The van der Waals surface area contributed by atoms with Gasteiger partial charge in [0.25, 0.3) is 5.89 Å². The molecule has 2 aliphatic heterocycles. The molecule has 0 spiro atoms. The largest absolute Gasteiger partial charge is 0.465 e. The number of likely N-dealkylation sites (tertiary alicyclic amines) is 1. The van der Waals surface area contributed by atoms with Gasteiger partial charge < -0.3 is 19.4 Å². The first-order chi connectivity index (χ1) is 14.2. The van der Waals surface area contributed by atoms with Crippen molar-refractivity contribution in [1.82, 2.24) is 20.0 Å². The molecule has 0 saturated carbocycles. The van der Waals surface area contributed by atoms with Crippen LogP contribution < -0.4 is 4.90 Å². The van der Waals surface area contributed by atoms with Crippen molar-refractivity contribution in [2.45, 2.75) is 25.3 Å². The first-order valence-corrected chi connectivity index (χ1v) is 9.77. The Morgan fingerprint density at radius 1 is 1.17 bits per heavy atom. The lowest BCUT2D eigenvalue weighted by molar-refractivity contribution is 0.155. The molecule has 0 radical (unpaired) electrons. The van der Waals surface area contributed by atoms with Crippen molar-refractivity contribution < 1.29 is 14.4 Å². The van der Waals surface area contributed by atoms with Gasteiger partial charge in [-0.05, 0) is 36.1 Å². The maximum atomic E-state index is 11.1. The third-order valence-electron chi connectivity index (χ3n) is 5.71. The number of carboxylic acid groups (broad SMARTS) is 1. The number of fused-ring (bicyclic) bond motifs is 1. The zero-order valence-corrected chi connectivity index (χ0v) is 15.9. The highest BCUT2D eigenvalue weighted by Crippen LogP contribution is 2.29. The van der Waals surface area contributed by atoms with E-state index in [1.165, 1.54) is 16.0 Å². The maximum Gasteiger partial charge on any atom is 0.407 e. The molecule has 4 heterocycles. The molecule has 0 bridgehead atoms. The van der Waals surface area contributed by atoms with Crippen LogP contribution in [0.5, 0.6) is 0 Å². The van der Waals surface area contributed by atoms with E-state index >= 15 is 0 Å². The van der Waals surface area contributed by atoms with E-state index in [0.29, 0.717) is 31.2 Å². The molecule has 1 aromatic carbocycles. The predicted octanol–water partition coefficient (Wildman–Crippen LogP) is 3.16. The van der Waals surface area contributed by atoms with E-state index < -0.39 is 6.09 Å². The first-order valence-electron chi connectivity index (χ1n) is 9.77. The van der Waals surface area contributed by atoms with Gasteiger partial charge in [0.05, 0.1) is 0 Å². The molecule has 148 valence electrons. The van der Waals surface area contributed by atoms with Gasteiger partial charge in [0.15, 0.2) is 5.82 Å². The van der Waals surface area contributed by atoms with Gasteiger partial charge in [-0.1, -0.05) is 29.4 Å². The molecule has 29 heavy (non-hydrogen) atoms. The minimum absolute atomic E-state index is 0.0245. The highest BCUT2D eigenvalue weighted by atomic mass is 16.5. The second-order valence-corrected chi connectivity index (χ2v) is 7.51. The SMILES string of the molecule is O=C(O)N1CCC(c2noc(-c3ccnc(N4CCc5ccccc5C4)c3)n2)C1. The third kappa shape index (κ3) is 3.41. The molecular weight excluding hydrogens is 370 g/mol. The van der Waals surface area contributed by atoms with Crippen LogP contribution in [0, 0.1) is 0 Å². The van der Waals surface area contributed by atoms with Crippen molar-refractivity contribution in [1.29, 1.82) is 0 Å². The fourth-order valence-electron chi connectivity index (χ4n) is 4.08. The zero-order valence-electron chi connectivity index (χ0n) is 15.9. The van der Waals surface area contributed by atoms with Crippen molar-refractivity contribution >= 4 is 11.9 Å². The summed E-state index contributed by atoms with van der Waals surface area (Å²) >= 11 is 0. The van der Waals surface area contributed by atoms with Gasteiger partial charge >= 0.3 is 6.09 Å². The van der Waals surface area contributed by atoms with Gasteiger partial charge in [-0.25, -0.2) is 9.78 Å². The Hall–Kier alpha value is -3.42. The van der Waals surface area contributed by atoms with E-state index in [-0.39, 0.29) is 5.92 Å². The normalized spacial score (nSPS) is 18.7. The molecule has 8 heteroatoms. The van der Waals surface area contributed by atoms with E-state index in [2.05, 4.69) is 44.3 Å². The highest BCUT2D eigenvalue weighted by Gasteiger charge is 2.30. The van der Waals surface area contributed by atoms with E-state index in [9.17, 15) is 4.79 Å². The highest BCUT2D eigenvalue weighted by molar-refractivity contribution is 5.65. The van der Waals surface area contributed by atoms with Crippen molar-refractivity contribution in [3.8, 4) is 11.5 Å². The number of aromatic nitrogens is 3. The van der Waals surface area contributed by atoms with E-state index in [4.69, 9.17) is 9.63 Å². The van der Waals surface area contributed by atoms with E-state index in [0.717, 1.165) is 30.9 Å². The fraction of sp³-hybridized carbons (Fsp3) is 0.333. The lowest BCUT2D eigenvalue weighted by Gasteiger charge is -2.29. The summed E-state index contributed by atoms with van der Waals surface area (Å²) < 4.78 is 5.48. The zero-order chi connectivity index (χ0) is 19.8. The van der Waals surface area contributed by atoms with Crippen LogP contribution in [-0.2, 0) is 13.0 Å². The number of rotatable bonds is 3. The van der Waals surface area contributed by atoms with Crippen LogP contribution in [0.1, 0.15) is 29.3 Å². The van der Waals surface area contributed by atoms with Crippen LogP contribution in [-0.4, -0.2) is 50.9 Å². The maximum absolute atomic E-state index is 11.1. The third-order valence-corrected chi connectivity index (χ3v) is 5.71. The summed E-state index contributed by atoms with van der Waals surface area (Å²) in [6.45, 7) is 2.65. The lowest BCUT2D eigenvalue weighted by Crippen LogP contribution is -2.30. The second kappa shape index (κ2) is 7.20. The summed E-state index contributed by atoms with van der Waals surface area (Å²) in [6, 6.07) is 12.3. The molecule has 1 unspecified atom stereocenters. The standard InChI is InChI=1S/C21H21N5O3/c27-21(28)26-10-7-17(13-26)19-23-20(29-24-19)15-5-8-22-18(11-15)25-9-6-14-3-1-2-4-16(14)12-25/h1-5,8,11,17H,6-7,9-10,12-13H2,(H,27,28). The molecule has 1 amide bonds. The van der Waals surface area contributed by atoms with Gasteiger partial charge in [0, 0.05) is 43.9 Å². The summed E-state index contributed by atoms with van der Waals surface area (Å²) in [5.74, 6) is 1.86. The summed E-state index contributed by atoms with van der Waals surface area (Å²) in [5.41, 5.74) is 3.55. The van der Waals surface area contributed by atoms with E-state index in [1.54, 1.807) is 6.20 Å². The lowest BCUT2D eigenvalue weighted by atomic mass is 10.00. The molecule has 8 nitrogen and oxygen atoms in total. The van der Waals surface area contributed by atoms with Crippen LogP contribution in [0.4, 0.5) is 10.6 Å². The second-order valence-electron chi connectivity index (χ2n) is 7.51. The predicted molar refractivity (Wildman–Crippen MR) is 106 cm³/mol. The Morgan fingerprint density at radius 3 is 2.86 bits per heavy atom. The summed E-state index contributed by atoms with van der Waals surface area (Å²) in [7, 11) is 0. The Kier molecular flexibility index (Phi) is 4.38. The van der Waals surface area contributed by atoms with Crippen LogP contribution in [0.3, 0.4) is 0 Å². The average molecular weight is 391 g/mol. The minimum atomic E-state index is -0.905. The molecule has 1 atom stereocenters. The van der Waals surface area contributed by atoms with E-state index in [1.807, 2.05) is 12.1 Å². The Balaban J connectivity index is 1.35. The number of pyridine rings is 1. The van der Waals surface area contributed by atoms with Crippen LogP contribution in [0.15, 0.2) is 47.1 Å². The number of anilines is 1.